The number of nitrogens with zero attached hydrogens (tertiary/aromatic N) is 5. The lowest BCUT2D eigenvalue weighted by molar-refractivity contribution is -0.138. The van der Waals surface area contributed by atoms with Crippen LogP contribution in [0, 0.1) is 5.82 Å². The summed E-state index contributed by atoms with van der Waals surface area (Å²) in [5.74, 6) is -1.24. The van der Waals surface area contributed by atoms with Gasteiger partial charge in [0.05, 0.1) is 17.8 Å². The number of H-pyrrole nitrogens is 2. The zero-order valence-corrected chi connectivity index (χ0v) is 17.2. The van der Waals surface area contributed by atoms with Gasteiger partial charge in [-0.2, -0.15) is 32.8 Å². The molecule has 0 unspecified atom stereocenters. The lowest BCUT2D eigenvalue weighted by atomic mass is 10.1. The third-order valence-electron chi connectivity index (χ3n) is 5.07. The molecule has 1 fully saturated rings. The molecule has 176 valence electrons. The fraction of sp³-hybridized carbons (Fsp3) is 0.250. The number of fused-ring (bicyclic) bond motifs is 1. The van der Waals surface area contributed by atoms with Gasteiger partial charge in [-0.3, -0.25) is 4.98 Å². The maximum atomic E-state index is 13.6. The van der Waals surface area contributed by atoms with Gasteiger partial charge >= 0.3 is 11.9 Å². The fourth-order valence-corrected chi connectivity index (χ4v) is 3.32. The summed E-state index contributed by atoms with van der Waals surface area (Å²) in [5, 5.41) is 17.1. The highest BCUT2D eigenvalue weighted by Crippen LogP contribution is 2.32. The molecule has 4 aromatic rings. The molecular formula is C20H16F4N8O2. The number of hydrogen-bond donors (Lipinski definition) is 4. The summed E-state index contributed by atoms with van der Waals surface area (Å²) < 4.78 is 54.9. The van der Waals surface area contributed by atoms with Gasteiger partial charge in [0.2, 0.25) is 11.8 Å². The van der Waals surface area contributed by atoms with E-state index in [2.05, 4.69) is 35.3 Å². The normalized spacial score (nSPS) is 15.4. The van der Waals surface area contributed by atoms with Crippen LogP contribution in [0.2, 0.25) is 0 Å². The van der Waals surface area contributed by atoms with Gasteiger partial charge in [-0.25, -0.2) is 14.2 Å². The summed E-state index contributed by atoms with van der Waals surface area (Å²) in [5.41, 5.74) is -1.41. The minimum Gasteiger partial charge on any atom is -0.493 e. The van der Waals surface area contributed by atoms with Crippen molar-refractivity contribution in [3.8, 4) is 5.88 Å². The number of aromatic amines is 2. The number of alkyl halides is 3. The predicted octanol–water partition coefficient (Wildman–Crippen LogP) is 1.23. The van der Waals surface area contributed by atoms with E-state index in [4.69, 9.17) is 0 Å². The van der Waals surface area contributed by atoms with Crippen molar-refractivity contribution in [3.63, 3.8) is 0 Å². The molecule has 3 aromatic heterocycles. The molecule has 0 bridgehead atoms. The smallest absolute Gasteiger partial charge is 0.416 e. The molecule has 34 heavy (non-hydrogen) atoms. The maximum absolute atomic E-state index is 13.6. The number of benzene rings is 1. The lowest BCUT2D eigenvalue weighted by Crippen LogP contribution is -2.25. The molecular weight excluding hydrogens is 460 g/mol. The van der Waals surface area contributed by atoms with E-state index in [-0.39, 0.29) is 40.4 Å². The van der Waals surface area contributed by atoms with Gasteiger partial charge in [-0.1, -0.05) is 0 Å². The maximum Gasteiger partial charge on any atom is 0.416 e. The predicted molar refractivity (Wildman–Crippen MR) is 110 cm³/mol. The second kappa shape index (κ2) is 7.97. The monoisotopic (exact) mass is 476 g/mol. The van der Waals surface area contributed by atoms with Crippen LogP contribution in [0.4, 0.5) is 23.5 Å². The van der Waals surface area contributed by atoms with Crippen LogP contribution in [0.3, 0.4) is 0 Å². The van der Waals surface area contributed by atoms with Gasteiger partial charge in [0.1, 0.15) is 11.5 Å². The molecule has 0 spiro atoms. The Labute approximate surface area is 186 Å². The Bertz CT molecular complexity index is 1570. The van der Waals surface area contributed by atoms with E-state index < -0.39 is 29.8 Å². The Morgan fingerprint density at radius 3 is 2.74 bits per heavy atom. The molecule has 0 atom stereocenters. The summed E-state index contributed by atoms with van der Waals surface area (Å²) in [6.07, 6.45) is -0.0954. The number of hydrogen-bond acceptors (Lipinski definition) is 7. The highest BCUT2D eigenvalue weighted by molar-refractivity contribution is 5.57. The van der Waals surface area contributed by atoms with Gasteiger partial charge in [-0.15, -0.1) is 0 Å². The molecule has 14 heteroatoms. The number of imidazole rings is 1. The summed E-state index contributed by atoms with van der Waals surface area (Å²) in [6, 6.07) is 2.27. The Kier molecular flexibility index (Phi) is 5.06. The van der Waals surface area contributed by atoms with Crippen LogP contribution < -0.4 is 21.8 Å². The van der Waals surface area contributed by atoms with Gasteiger partial charge in [0.15, 0.2) is 5.65 Å². The van der Waals surface area contributed by atoms with Crippen LogP contribution in [-0.4, -0.2) is 40.7 Å². The Morgan fingerprint density at radius 2 is 2.06 bits per heavy atom. The van der Waals surface area contributed by atoms with E-state index in [0.29, 0.717) is 11.3 Å². The van der Waals surface area contributed by atoms with Gasteiger partial charge in [0, 0.05) is 11.8 Å². The molecule has 1 saturated carbocycles. The quantitative estimate of drug-likeness (QED) is 0.320. The Hall–Kier alpha value is -4.23. The largest absolute Gasteiger partial charge is 0.493 e. The molecule has 3 heterocycles. The molecule has 0 amide bonds. The zero-order valence-electron chi connectivity index (χ0n) is 17.2. The molecule has 10 nitrogen and oxygen atoms in total. The molecule has 1 aliphatic carbocycles. The summed E-state index contributed by atoms with van der Waals surface area (Å²) in [7, 11) is 0. The first-order valence-electron chi connectivity index (χ1n) is 10.1. The first-order chi connectivity index (χ1) is 16.2. The van der Waals surface area contributed by atoms with E-state index in [1.165, 1.54) is 16.8 Å². The second-order valence-electron chi connectivity index (χ2n) is 7.68. The van der Waals surface area contributed by atoms with Crippen LogP contribution in [0.25, 0.3) is 11.7 Å². The Morgan fingerprint density at radius 1 is 1.26 bits per heavy atom. The average molecular weight is 476 g/mol. The van der Waals surface area contributed by atoms with Crippen LogP contribution in [0.5, 0.6) is 5.88 Å². The topological polar surface area (TPSA) is 136 Å². The van der Waals surface area contributed by atoms with E-state index in [9.17, 15) is 27.5 Å². The molecule has 0 saturated heterocycles. The summed E-state index contributed by atoms with van der Waals surface area (Å²) in [4.78, 5) is 29.1. The van der Waals surface area contributed by atoms with Crippen molar-refractivity contribution in [1.29, 1.82) is 0 Å². The van der Waals surface area contributed by atoms with Crippen LogP contribution in [-0.2, 0) is 12.7 Å². The molecule has 1 aromatic carbocycles. The van der Waals surface area contributed by atoms with Crippen LogP contribution in [0.15, 0.2) is 34.2 Å². The van der Waals surface area contributed by atoms with Crippen molar-refractivity contribution >= 4 is 17.7 Å². The second-order valence-corrected chi connectivity index (χ2v) is 7.68. The summed E-state index contributed by atoms with van der Waals surface area (Å²) in [6.45, 7) is -0.398. The van der Waals surface area contributed by atoms with Crippen molar-refractivity contribution < 1.29 is 22.7 Å². The lowest BCUT2D eigenvalue weighted by Gasteiger charge is -2.13. The van der Waals surface area contributed by atoms with Crippen molar-refractivity contribution in [2.24, 2.45) is 4.99 Å². The molecule has 4 N–H and O–H groups in total. The zero-order chi connectivity index (χ0) is 24.0. The number of aromatic nitrogens is 6. The minimum absolute atomic E-state index is 0.0488. The van der Waals surface area contributed by atoms with Crippen molar-refractivity contribution in [2.45, 2.75) is 31.6 Å². The Balaban J connectivity index is 1.58. The van der Waals surface area contributed by atoms with Gasteiger partial charge in [-0.05, 0) is 42.7 Å². The van der Waals surface area contributed by atoms with E-state index >= 15 is 0 Å². The van der Waals surface area contributed by atoms with Crippen molar-refractivity contribution in [2.75, 3.05) is 5.32 Å². The van der Waals surface area contributed by atoms with Crippen molar-refractivity contribution in [1.82, 2.24) is 29.5 Å². The molecule has 0 radical (unpaired) electrons. The van der Waals surface area contributed by atoms with E-state index in [0.717, 1.165) is 25.0 Å². The van der Waals surface area contributed by atoms with Crippen LogP contribution in [0.1, 0.15) is 29.7 Å². The third kappa shape index (κ3) is 4.33. The molecule has 5 rings (SSSR count). The minimum atomic E-state index is -4.66. The number of nitrogens with one attached hydrogen (secondary N) is 3. The SMILES string of the molecule is O=c1[nH]c(O)c(C=c2cnn3c(=NC4CC4)nc(NCc4cc(F)ccc4C(F)(F)F)nc23)[nH]1. The van der Waals surface area contributed by atoms with E-state index in [1.807, 2.05) is 0 Å². The average Bonchev–Trinajstić information content (AvgIpc) is 3.40. The highest BCUT2D eigenvalue weighted by Gasteiger charge is 2.33. The molecule has 0 aliphatic heterocycles. The van der Waals surface area contributed by atoms with Gasteiger partial charge < -0.3 is 15.4 Å². The number of aromatic hydroxyl groups is 1. The summed E-state index contributed by atoms with van der Waals surface area (Å²) >= 11 is 0. The van der Waals surface area contributed by atoms with Crippen molar-refractivity contribution in [3.05, 3.63) is 68.4 Å². The first kappa shape index (κ1) is 21.6. The molecule has 1 aliphatic rings. The number of anilines is 1. The van der Waals surface area contributed by atoms with E-state index in [1.54, 1.807) is 0 Å². The standard InChI is InChI=1S/C20H16F4N8O2/c21-11-1-4-13(20(22,23)24)9(5-11)7-25-17-29-15-10(6-14-16(33)30-19(34)28-14)8-26-32(15)18(31-17)27-12-2-3-12/h1,4-6,8,12,33H,2-3,7H2,(H,25,27,31)(H2,28,30,34). The first-order valence-corrected chi connectivity index (χ1v) is 10.1. The van der Waals surface area contributed by atoms with Crippen LogP contribution >= 0.6 is 0 Å². The number of rotatable bonds is 5. The van der Waals surface area contributed by atoms with Gasteiger partial charge in [0.25, 0.3) is 5.62 Å². The number of halogens is 4. The highest BCUT2D eigenvalue weighted by atomic mass is 19.4. The fourth-order valence-electron chi connectivity index (χ4n) is 3.32. The third-order valence-corrected chi connectivity index (χ3v) is 5.07.